The number of rotatable bonds is 1. The predicted molar refractivity (Wildman–Crippen MR) is 50.7 cm³/mol. The largest absolute Gasteiger partial charge is 0.373 e. The van der Waals surface area contributed by atoms with Crippen LogP contribution in [-0.4, -0.2) is 24.8 Å². The van der Waals surface area contributed by atoms with Crippen LogP contribution in [0.1, 0.15) is 6.42 Å². The molecule has 2 aliphatic carbocycles. The molecule has 3 unspecified atom stereocenters. The SMILES string of the molecule is COC1CC(=O)C2C=CC=CC2C1=O. The number of hydrogen-bond acceptors (Lipinski definition) is 3. The second-order valence-electron chi connectivity index (χ2n) is 3.62. The van der Waals surface area contributed by atoms with Crippen molar-refractivity contribution in [1.29, 1.82) is 0 Å². The minimum Gasteiger partial charge on any atom is -0.373 e. The average molecular weight is 192 g/mol. The zero-order chi connectivity index (χ0) is 10.1. The first-order chi connectivity index (χ1) is 6.74. The minimum absolute atomic E-state index is 0.0256. The van der Waals surface area contributed by atoms with Gasteiger partial charge in [-0.15, -0.1) is 0 Å². The summed E-state index contributed by atoms with van der Waals surface area (Å²) < 4.78 is 4.99. The number of methoxy groups -OCH3 is 1. The summed E-state index contributed by atoms with van der Waals surface area (Å²) >= 11 is 0. The second kappa shape index (κ2) is 3.50. The van der Waals surface area contributed by atoms with Gasteiger partial charge in [0.15, 0.2) is 5.78 Å². The zero-order valence-corrected chi connectivity index (χ0v) is 7.97. The summed E-state index contributed by atoms with van der Waals surface area (Å²) in [5.41, 5.74) is 0. The van der Waals surface area contributed by atoms with E-state index in [0.717, 1.165) is 0 Å². The first kappa shape index (κ1) is 9.34. The fraction of sp³-hybridized carbons (Fsp3) is 0.455. The molecule has 1 saturated carbocycles. The molecular formula is C11H12O3. The van der Waals surface area contributed by atoms with Crippen molar-refractivity contribution in [1.82, 2.24) is 0 Å². The Hall–Kier alpha value is -1.22. The van der Waals surface area contributed by atoms with Crippen molar-refractivity contribution in [2.75, 3.05) is 7.11 Å². The molecule has 0 saturated heterocycles. The maximum absolute atomic E-state index is 11.8. The Balaban J connectivity index is 2.27. The van der Waals surface area contributed by atoms with Crippen LogP contribution in [0.25, 0.3) is 0 Å². The molecule has 0 spiro atoms. The quantitative estimate of drug-likeness (QED) is 0.620. The highest BCUT2D eigenvalue weighted by Crippen LogP contribution is 2.30. The summed E-state index contributed by atoms with van der Waals surface area (Å²) in [4.78, 5) is 23.4. The number of ether oxygens (including phenoxy) is 1. The molecule has 0 radical (unpaired) electrons. The van der Waals surface area contributed by atoms with Gasteiger partial charge < -0.3 is 4.74 Å². The topological polar surface area (TPSA) is 43.4 Å². The molecule has 14 heavy (non-hydrogen) atoms. The molecule has 0 aliphatic heterocycles. The molecule has 0 bridgehead atoms. The summed E-state index contributed by atoms with van der Waals surface area (Å²) in [6.07, 6.45) is 6.89. The van der Waals surface area contributed by atoms with E-state index in [1.165, 1.54) is 7.11 Å². The fourth-order valence-electron chi connectivity index (χ4n) is 2.02. The van der Waals surface area contributed by atoms with Crippen LogP contribution in [0.4, 0.5) is 0 Å². The van der Waals surface area contributed by atoms with Crippen LogP contribution < -0.4 is 0 Å². The highest BCUT2D eigenvalue weighted by Gasteiger charge is 2.41. The van der Waals surface area contributed by atoms with Crippen molar-refractivity contribution in [3.8, 4) is 0 Å². The summed E-state index contributed by atoms with van der Waals surface area (Å²) in [5.74, 6) is -0.426. The molecule has 0 aromatic heterocycles. The average Bonchev–Trinajstić information content (AvgIpc) is 2.23. The van der Waals surface area contributed by atoms with Gasteiger partial charge in [-0.1, -0.05) is 24.3 Å². The lowest BCUT2D eigenvalue weighted by Gasteiger charge is -2.30. The molecule has 2 rings (SSSR count). The van der Waals surface area contributed by atoms with Gasteiger partial charge in [-0.25, -0.2) is 0 Å². The minimum atomic E-state index is -0.542. The summed E-state index contributed by atoms with van der Waals surface area (Å²) in [5, 5.41) is 0. The number of hydrogen-bond donors (Lipinski definition) is 0. The summed E-state index contributed by atoms with van der Waals surface area (Å²) in [7, 11) is 1.47. The van der Waals surface area contributed by atoms with E-state index in [-0.39, 0.29) is 29.8 Å². The van der Waals surface area contributed by atoms with Crippen LogP contribution in [0.5, 0.6) is 0 Å². The Kier molecular flexibility index (Phi) is 2.33. The maximum atomic E-state index is 11.8. The van der Waals surface area contributed by atoms with Crippen LogP contribution in [0.15, 0.2) is 24.3 Å². The van der Waals surface area contributed by atoms with E-state index in [4.69, 9.17) is 4.74 Å². The lowest BCUT2D eigenvalue weighted by molar-refractivity contribution is -0.144. The van der Waals surface area contributed by atoms with E-state index in [1.54, 1.807) is 12.2 Å². The van der Waals surface area contributed by atoms with Gasteiger partial charge in [0.25, 0.3) is 0 Å². The lowest BCUT2D eigenvalue weighted by atomic mass is 9.74. The second-order valence-corrected chi connectivity index (χ2v) is 3.62. The molecule has 3 heteroatoms. The van der Waals surface area contributed by atoms with Gasteiger partial charge in [0, 0.05) is 19.4 Å². The van der Waals surface area contributed by atoms with Crippen LogP contribution in [0.3, 0.4) is 0 Å². The smallest absolute Gasteiger partial charge is 0.169 e. The molecule has 0 heterocycles. The summed E-state index contributed by atoms with van der Waals surface area (Å²) in [6, 6.07) is 0. The van der Waals surface area contributed by atoms with Gasteiger partial charge in [-0.05, 0) is 0 Å². The molecule has 3 nitrogen and oxygen atoms in total. The van der Waals surface area contributed by atoms with Crippen molar-refractivity contribution in [2.45, 2.75) is 12.5 Å². The third-order valence-corrected chi connectivity index (χ3v) is 2.82. The first-order valence-electron chi connectivity index (χ1n) is 4.68. The highest BCUT2D eigenvalue weighted by atomic mass is 16.5. The van der Waals surface area contributed by atoms with Crippen molar-refractivity contribution in [3.63, 3.8) is 0 Å². The molecule has 0 aromatic carbocycles. The highest BCUT2D eigenvalue weighted by molar-refractivity contribution is 6.01. The van der Waals surface area contributed by atoms with Crippen molar-refractivity contribution in [3.05, 3.63) is 24.3 Å². The normalized spacial score (nSPS) is 35.9. The van der Waals surface area contributed by atoms with E-state index >= 15 is 0 Å². The van der Waals surface area contributed by atoms with Crippen molar-refractivity contribution < 1.29 is 14.3 Å². The van der Waals surface area contributed by atoms with Crippen LogP contribution in [0.2, 0.25) is 0 Å². The first-order valence-corrected chi connectivity index (χ1v) is 4.68. The monoisotopic (exact) mass is 192 g/mol. The Morgan fingerprint density at radius 3 is 2.50 bits per heavy atom. The van der Waals surface area contributed by atoms with E-state index in [9.17, 15) is 9.59 Å². The standard InChI is InChI=1S/C11H12O3/c1-14-10-6-9(12)7-4-2-3-5-8(7)11(10)13/h2-5,7-8,10H,6H2,1H3. The van der Waals surface area contributed by atoms with E-state index in [0.29, 0.717) is 0 Å². The molecule has 74 valence electrons. The maximum Gasteiger partial charge on any atom is 0.169 e. The van der Waals surface area contributed by atoms with E-state index in [2.05, 4.69) is 0 Å². The molecule has 1 fully saturated rings. The number of carbonyl (C=O) groups excluding carboxylic acids is 2. The molecule has 0 N–H and O–H groups in total. The van der Waals surface area contributed by atoms with E-state index in [1.807, 2.05) is 12.2 Å². The third-order valence-electron chi connectivity index (χ3n) is 2.82. The summed E-state index contributed by atoms with van der Waals surface area (Å²) in [6.45, 7) is 0. The lowest BCUT2D eigenvalue weighted by Crippen LogP contribution is -2.43. The molecule has 0 amide bonds. The van der Waals surface area contributed by atoms with Gasteiger partial charge in [0.1, 0.15) is 11.9 Å². The van der Waals surface area contributed by atoms with Crippen LogP contribution in [-0.2, 0) is 14.3 Å². The van der Waals surface area contributed by atoms with Crippen LogP contribution in [0, 0.1) is 11.8 Å². The van der Waals surface area contributed by atoms with Gasteiger partial charge in [0.05, 0.1) is 5.92 Å². The van der Waals surface area contributed by atoms with Crippen molar-refractivity contribution in [2.24, 2.45) is 11.8 Å². The number of fused-ring (bicyclic) bond motifs is 1. The number of allylic oxidation sites excluding steroid dienone is 4. The molecule has 0 aromatic rings. The Morgan fingerprint density at radius 1 is 1.21 bits per heavy atom. The van der Waals surface area contributed by atoms with Gasteiger partial charge in [-0.3, -0.25) is 9.59 Å². The fourth-order valence-corrected chi connectivity index (χ4v) is 2.02. The molecular weight excluding hydrogens is 180 g/mol. The van der Waals surface area contributed by atoms with Crippen molar-refractivity contribution >= 4 is 11.6 Å². The number of Topliss-reactive ketones (excluding diaryl/α,β-unsaturated/α-hetero) is 2. The van der Waals surface area contributed by atoms with Gasteiger partial charge in [-0.2, -0.15) is 0 Å². The Labute approximate surface area is 82.4 Å². The van der Waals surface area contributed by atoms with Crippen LogP contribution >= 0.6 is 0 Å². The third kappa shape index (κ3) is 1.34. The Morgan fingerprint density at radius 2 is 1.86 bits per heavy atom. The molecule has 2 aliphatic rings. The predicted octanol–water partition coefficient (Wildman–Crippen LogP) is 0.902. The van der Waals surface area contributed by atoms with E-state index < -0.39 is 6.10 Å². The molecule has 3 atom stereocenters. The van der Waals surface area contributed by atoms with Gasteiger partial charge >= 0.3 is 0 Å². The Bertz CT molecular complexity index is 327. The van der Waals surface area contributed by atoms with Gasteiger partial charge in [0.2, 0.25) is 0 Å². The number of carbonyl (C=O) groups is 2. The zero-order valence-electron chi connectivity index (χ0n) is 7.97. The number of ketones is 2.